The van der Waals surface area contributed by atoms with Gasteiger partial charge in [-0.3, -0.25) is 4.90 Å². The Balaban J connectivity index is 1.49. The fourth-order valence-corrected chi connectivity index (χ4v) is 7.49. The molecule has 0 saturated carbocycles. The maximum Gasteiger partial charge on any atom is 0.319 e. The summed E-state index contributed by atoms with van der Waals surface area (Å²) in [6.45, 7) is 4.28. The molecule has 3 aliphatic heterocycles. The van der Waals surface area contributed by atoms with Crippen molar-refractivity contribution in [3.63, 3.8) is 0 Å². The van der Waals surface area contributed by atoms with Crippen molar-refractivity contribution < 1.29 is 37.2 Å². The Hall–Kier alpha value is -4.34. The number of phenols is 1. The SMILES string of the molecule is C#Cc1c(F)ccc2cc(O)cc(-c3c(F)c4c5c(nc(OC[C@@]67CCCN6C[C@H](F)C7)nc5c3F)N([C@@H](C)CO)[C@@H](C)CO4)c12. The highest BCUT2D eigenvalue weighted by atomic mass is 19.1. The van der Waals surface area contributed by atoms with Crippen LogP contribution in [0, 0.1) is 29.8 Å². The number of aromatic nitrogens is 2. The molecule has 0 spiro atoms. The molecular formula is C34H32F4N4O4. The van der Waals surface area contributed by atoms with Gasteiger partial charge in [-0.25, -0.2) is 17.6 Å². The predicted molar refractivity (Wildman–Crippen MR) is 164 cm³/mol. The normalized spacial score (nSPS) is 23.3. The summed E-state index contributed by atoms with van der Waals surface area (Å²) < 4.78 is 75.2. The summed E-state index contributed by atoms with van der Waals surface area (Å²) in [7, 11) is 0. The summed E-state index contributed by atoms with van der Waals surface area (Å²) in [5.41, 5.74) is -1.95. The van der Waals surface area contributed by atoms with E-state index in [9.17, 15) is 19.0 Å². The number of alkyl halides is 1. The van der Waals surface area contributed by atoms with E-state index in [-0.39, 0.29) is 76.0 Å². The van der Waals surface area contributed by atoms with Gasteiger partial charge in [-0.2, -0.15) is 9.97 Å². The molecule has 4 aromatic rings. The number of terminal acetylenes is 1. The van der Waals surface area contributed by atoms with Crippen molar-refractivity contribution in [2.75, 3.05) is 37.8 Å². The van der Waals surface area contributed by atoms with Crippen molar-refractivity contribution in [2.45, 2.75) is 56.9 Å². The Morgan fingerprint density at radius 1 is 1.20 bits per heavy atom. The molecule has 3 aliphatic rings. The van der Waals surface area contributed by atoms with Gasteiger partial charge in [0.25, 0.3) is 0 Å². The molecular weight excluding hydrogens is 604 g/mol. The van der Waals surface area contributed by atoms with E-state index in [1.54, 1.807) is 18.7 Å². The van der Waals surface area contributed by atoms with Crippen molar-refractivity contribution >= 4 is 27.5 Å². The van der Waals surface area contributed by atoms with E-state index < -0.39 is 46.8 Å². The number of benzene rings is 3. The summed E-state index contributed by atoms with van der Waals surface area (Å²) in [5, 5.41) is 20.9. The van der Waals surface area contributed by atoms with Gasteiger partial charge in [0.2, 0.25) is 0 Å². The average molecular weight is 637 g/mol. The van der Waals surface area contributed by atoms with Gasteiger partial charge in [0.1, 0.15) is 42.3 Å². The van der Waals surface area contributed by atoms with Gasteiger partial charge in [0.15, 0.2) is 17.4 Å². The molecule has 0 radical (unpaired) electrons. The molecule has 4 atom stereocenters. The molecule has 4 heterocycles. The van der Waals surface area contributed by atoms with E-state index in [2.05, 4.69) is 20.8 Å². The van der Waals surface area contributed by atoms with E-state index >= 15 is 8.78 Å². The van der Waals surface area contributed by atoms with Crippen LogP contribution in [0.1, 0.15) is 38.7 Å². The van der Waals surface area contributed by atoms with Crippen LogP contribution in [-0.2, 0) is 0 Å². The number of rotatable bonds is 6. The second kappa shape index (κ2) is 11.2. The maximum atomic E-state index is 17.0. The quantitative estimate of drug-likeness (QED) is 0.213. The number of hydrogen-bond donors (Lipinski definition) is 2. The van der Waals surface area contributed by atoms with Crippen LogP contribution in [0.5, 0.6) is 17.5 Å². The van der Waals surface area contributed by atoms with Crippen LogP contribution in [0.15, 0.2) is 24.3 Å². The van der Waals surface area contributed by atoms with Gasteiger partial charge >= 0.3 is 6.01 Å². The van der Waals surface area contributed by atoms with E-state index in [1.807, 2.05) is 0 Å². The summed E-state index contributed by atoms with van der Waals surface area (Å²) >= 11 is 0. The summed E-state index contributed by atoms with van der Waals surface area (Å²) in [6, 6.07) is 3.70. The van der Waals surface area contributed by atoms with Crippen LogP contribution in [0.4, 0.5) is 23.4 Å². The molecule has 0 aliphatic carbocycles. The molecule has 2 saturated heterocycles. The molecule has 46 heavy (non-hydrogen) atoms. The lowest BCUT2D eigenvalue weighted by Gasteiger charge is -2.34. The Labute approximate surface area is 262 Å². The Morgan fingerprint density at radius 3 is 2.76 bits per heavy atom. The molecule has 2 fully saturated rings. The Kier molecular flexibility index (Phi) is 7.36. The fourth-order valence-electron chi connectivity index (χ4n) is 7.49. The number of ether oxygens (including phenoxy) is 2. The van der Waals surface area contributed by atoms with Crippen molar-refractivity contribution in [3.8, 4) is 41.0 Å². The van der Waals surface area contributed by atoms with Crippen molar-refractivity contribution in [1.82, 2.24) is 14.9 Å². The highest BCUT2D eigenvalue weighted by molar-refractivity contribution is 6.06. The highest BCUT2D eigenvalue weighted by Crippen LogP contribution is 2.48. The van der Waals surface area contributed by atoms with Crippen LogP contribution in [-0.4, -0.2) is 81.8 Å². The largest absolute Gasteiger partial charge is 0.508 e. The first-order chi connectivity index (χ1) is 22.1. The summed E-state index contributed by atoms with van der Waals surface area (Å²) in [4.78, 5) is 12.8. The number of aliphatic hydroxyl groups is 1. The van der Waals surface area contributed by atoms with Gasteiger partial charge < -0.3 is 24.6 Å². The summed E-state index contributed by atoms with van der Waals surface area (Å²) in [5.74, 6) is -1.34. The average Bonchev–Trinajstić information content (AvgIpc) is 3.50. The zero-order valence-corrected chi connectivity index (χ0v) is 25.3. The van der Waals surface area contributed by atoms with Gasteiger partial charge in [-0.15, -0.1) is 6.42 Å². The third-order valence-corrected chi connectivity index (χ3v) is 9.57. The molecule has 7 rings (SSSR count). The predicted octanol–water partition coefficient (Wildman–Crippen LogP) is 5.48. The molecule has 12 heteroatoms. The molecule has 0 amide bonds. The minimum absolute atomic E-state index is 0.0235. The monoisotopic (exact) mass is 636 g/mol. The third kappa shape index (κ3) is 4.59. The number of aromatic hydroxyl groups is 1. The number of fused-ring (bicyclic) bond motifs is 2. The second-order valence-electron chi connectivity index (χ2n) is 12.5. The van der Waals surface area contributed by atoms with Crippen LogP contribution in [0.3, 0.4) is 0 Å². The number of nitrogens with zero attached hydrogens (tertiary/aromatic N) is 4. The minimum atomic E-state index is -1.14. The lowest BCUT2D eigenvalue weighted by molar-refractivity contribution is 0.107. The van der Waals surface area contributed by atoms with E-state index in [4.69, 9.17) is 15.9 Å². The van der Waals surface area contributed by atoms with Gasteiger partial charge in [0.05, 0.1) is 40.7 Å². The first-order valence-corrected chi connectivity index (χ1v) is 15.3. The lowest BCUT2D eigenvalue weighted by atomic mass is 9.92. The molecule has 2 N–H and O–H groups in total. The minimum Gasteiger partial charge on any atom is -0.508 e. The number of hydrogen-bond acceptors (Lipinski definition) is 8. The standard InChI is InChI=1S/C34H32F4N4O4/c1-4-22-24(36)7-6-19-10-21(44)11-23(25(19)22)26-28(37)30-27-31(29(26)38)45-15-18(3)42(17(2)14-43)32(27)40-33(39-30)46-16-34-8-5-9-41(34)13-20(35)12-34/h1,6-7,10-11,17-18,20,43-44H,5,8-9,12-16H2,2-3H3/t17-,18-,20+,34-/m0/s1. The Bertz CT molecular complexity index is 1930. The van der Waals surface area contributed by atoms with Crippen molar-refractivity contribution in [3.05, 3.63) is 47.3 Å². The van der Waals surface area contributed by atoms with Crippen LogP contribution >= 0.6 is 0 Å². The number of phenolic OH excluding ortho intramolecular Hbond substituents is 1. The fraction of sp³-hybridized carbons (Fsp3) is 0.412. The van der Waals surface area contributed by atoms with E-state index in [1.165, 1.54) is 12.1 Å². The van der Waals surface area contributed by atoms with Crippen molar-refractivity contribution in [2.24, 2.45) is 0 Å². The van der Waals surface area contributed by atoms with Crippen LogP contribution in [0.2, 0.25) is 0 Å². The third-order valence-electron chi connectivity index (χ3n) is 9.57. The lowest BCUT2D eigenvalue weighted by Crippen LogP contribution is -2.45. The molecule has 240 valence electrons. The zero-order chi connectivity index (χ0) is 32.5. The molecule has 0 bridgehead atoms. The highest BCUT2D eigenvalue weighted by Gasteiger charge is 2.49. The topological polar surface area (TPSA) is 91.2 Å². The number of aliphatic hydroxyl groups excluding tert-OH is 1. The first kappa shape index (κ1) is 30.3. The molecule has 1 aromatic heterocycles. The zero-order valence-electron chi connectivity index (χ0n) is 25.3. The van der Waals surface area contributed by atoms with E-state index in [0.29, 0.717) is 13.0 Å². The smallest absolute Gasteiger partial charge is 0.319 e. The molecule has 3 aromatic carbocycles. The van der Waals surface area contributed by atoms with Crippen LogP contribution < -0.4 is 14.4 Å². The maximum absolute atomic E-state index is 17.0. The molecule has 0 unspecified atom stereocenters. The second-order valence-corrected chi connectivity index (χ2v) is 12.5. The first-order valence-electron chi connectivity index (χ1n) is 15.3. The van der Waals surface area contributed by atoms with Gasteiger partial charge in [-0.1, -0.05) is 12.0 Å². The van der Waals surface area contributed by atoms with Gasteiger partial charge in [0, 0.05) is 23.9 Å². The van der Waals surface area contributed by atoms with Gasteiger partial charge in [-0.05, 0) is 56.8 Å². The number of halogens is 4. The van der Waals surface area contributed by atoms with E-state index in [0.717, 1.165) is 31.5 Å². The van der Waals surface area contributed by atoms with Crippen LogP contribution in [0.25, 0.3) is 32.8 Å². The summed E-state index contributed by atoms with van der Waals surface area (Å²) in [6.07, 6.45) is 6.54. The number of anilines is 1. The molecule has 8 nitrogen and oxygen atoms in total. The van der Waals surface area contributed by atoms with Crippen molar-refractivity contribution in [1.29, 1.82) is 0 Å². The Morgan fingerprint density at radius 2 is 2.00 bits per heavy atom.